The van der Waals surface area contributed by atoms with Crippen molar-refractivity contribution in [3.8, 4) is 0 Å². The Bertz CT molecular complexity index is 9.51. The minimum absolute atomic E-state index is 0.250. The molecule has 0 rings (SSSR count). The van der Waals surface area contributed by atoms with Gasteiger partial charge in [-0.3, -0.25) is 0 Å². The van der Waals surface area contributed by atoms with Crippen molar-refractivity contribution in [1.82, 2.24) is 0 Å². The van der Waals surface area contributed by atoms with Gasteiger partial charge in [-0.05, 0) is 11.4 Å². The molecule has 0 aliphatic rings. The van der Waals surface area contributed by atoms with Gasteiger partial charge in [-0.25, -0.2) is 0 Å². The Morgan fingerprint density at radius 3 is 1.50 bits per heavy atom. The molecule has 0 fully saturated rings. The van der Waals surface area contributed by atoms with Crippen molar-refractivity contribution in [2.45, 2.75) is 13.8 Å². The van der Waals surface area contributed by atoms with Crippen LogP contribution < -0.4 is 0 Å². The lowest BCUT2D eigenvalue weighted by molar-refractivity contribution is 0.318. The highest BCUT2D eigenvalue weighted by Gasteiger charge is 1.38. The zero-order valence-electron chi connectivity index (χ0n) is 4.24. The molecule has 0 radical (unpaired) electrons. The Labute approximate surface area is 52.9 Å². The van der Waals surface area contributed by atoms with Gasteiger partial charge in [-0.2, -0.15) is 0 Å². The van der Waals surface area contributed by atoms with Crippen molar-refractivity contribution in [3.63, 3.8) is 0 Å². The normalized spacial score (nSPS) is 6.00. The van der Waals surface area contributed by atoms with Crippen LogP contribution in [0.2, 0.25) is 0 Å². The quantitative estimate of drug-likeness (QED) is 0.465. The summed E-state index contributed by atoms with van der Waals surface area (Å²) in [4.78, 5) is 0. The Kier molecular flexibility index (Phi) is 28.4. The van der Waals surface area contributed by atoms with Crippen LogP contribution in [0.5, 0.6) is 0 Å². The van der Waals surface area contributed by atoms with Gasteiger partial charge >= 0.3 is 0 Å². The molecule has 0 atom stereocenters. The second-order valence-electron chi connectivity index (χ2n) is 0.583. The summed E-state index contributed by atoms with van der Waals surface area (Å²) in [7, 11) is 0. The Morgan fingerprint density at radius 2 is 1.50 bits per heavy atom. The van der Waals surface area contributed by atoms with Gasteiger partial charge in [0.2, 0.25) is 0 Å². The molecule has 1 N–H and O–H groups in total. The lowest BCUT2D eigenvalue weighted by Crippen LogP contribution is -1.57. The third kappa shape index (κ3) is 134. The van der Waals surface area contributed by atoms with Crippen molar-refractivity contribution in [3.05, 3.63) is 0 Å². The predicted molar refractivity (Wildman–Crippen MR) is 37.3 cm³/mol. The summed E-state index contributed by atoms with van der Waals surface area (Å²) >= 11 is 2.29. The maximum absolute atomic E-state index is 7.57. The Hall–Kier alpha value is 0.690. The van der Waals surface area contributed by atoms with Crippen LogP contribution in [0.3, 0.4) is 0 Å². The summed E-state index contributed by atoms with van der Waals surface area (Å²) in [6.45, 7) is 4.04. The molecule has 0 aromatic heterocycles. The zero-order valence-corrected chi connectivity index (χ0v) is 6.40. The fourth-order valence-electron chi connectivity index (χ4n) is 0. The van der Waals surface area contributed by atoms with Crippen molar-refractivity contribution in [2.24, 2.45) is 0 Å². The SMILES string of the molecule is CCI.CCO. The number of rotatable bonds is 0. The number of halogens is 1. The van der Waals surface area contributed by atoms with Crippen molar-refractivity contribution < 1.29 is 5.11 Å². The number of aliphatic hydroxyl groups is 1. The van der Waals surface area contributed by atoms with Crippen LogP contribution in [0.15, 0.2) is 0 Å². The van der Waals surface area contributed by atoms with Gasteiger partial charge in [-0.15, -0.1) is 0 Å². The first-order valence-corrected chi connectivity index (χ1v) is 3.52. The van der Waals surface area contributed by atoms with Crippen LogP contribution in [0.25, 0.3) is 0 Å². The van der Waals surface area contributed by atoms with E-state index in [9.17, 15) is 0 Å². The van der Waals surface area contributed by atoms with Gasteiger partial charge < -0.3 is 5.11 Å². The van der Waals surface area contributed by atoms with Crippen molar-refractivity contribution >= 4 is 22.6 Å². The first-order chi connectivity index (χ1) is 2.83. The van der Waals surface area contributed by atoms with E-state index >= 15 is 0 Å². The first-order valence-electron chi connectivity index (χ1n) is 2.00. The highest BCUT2D eigenvalue weighted by Crippen LogP contribution is 1.69. The molecular weight excluding hydrogens is 191 g/mol. The van der Waals surface area contributed by atoms with Crippen LogP contribution in [0.1, 0.15) is 13.8 Å². The molecule has 0 unspecified atom stereocenters. The number of alkyl halides is 1. The van der Waals surface area contributed by atoms with E-state index in [4.69, 9.17) is 5.11 Å². The Balaban J connectivity index is 0. The summed E-state index contributed by atoms with van der Waals surface area (Å²) in [5, 5.41) is 7.57. The third-order valence-corrected chi connectivity index (χ3v) is 0. The molecule has 2 heteroatoms. The summed E-state index contributed by atoms with van der Waals surface area (Å²) in [5.74, 6) is 0. The third-order valence-electron chi connectivity index (χ3n) is 0. The fraction of sp³-hybridized carbons (Fsp3) is 1.00. The maximum Gasteiger partial charge on any atom is 0.0402 e. The molecule has 1 nitrogen and oxygen atoms in total. The van der Waals surface area contributed by atoms with Crippen LogP contribution in [-0.4, -0.2) is 16.1 Å². The molecular formula is C4H11IO. The van der Waals surface area contributed by atoms with E-state index in [0.29, 0.717) is 0 Å². The average Bonchev–Trinajstić information content (AvgIpc) is 1.39. The topological polar surface area (TPSA) is 20.2 Å². The van der Waals surface area contributed by atoms with E-state index in [-0.39, 0.29) is 6.61 Å². The molecule has 0 aliphatic carbocycles. The van der Waals surface area contributed by atoms with Crippen LogP contribution in [-0.2, 0) is 0 Å². The molecule has 0 aromatic carbocycles. The smallest absolute Gasteiger partial charge is 0.0402 e. The molecule has 40 valence electrons. The molecule has 0 aliphatic heterocycles. The standard InChI is InChI=1S/C2H5I.C2H6O/c2*1-2-3/h2H2,1H3;3H,2H2,1H3. The van der Waals surface area contributed by atoms with E-state index in [1.807, 2.05) is 0 Å². The number of hydrogen-bond acceptors (Lipinski definition) is 1. The van der Waals surface area contributed by atoms with Crippen LogP contribution >= 0.6 is 22.6 Å². The van der Waals surface area contributed by atoms with Gasteiger partial charge in [0.15, 0.2) is 0 Å². The van der Waals surface area contributed by atoms with Crippen LogP contribution in [0, 0.1) is 0 Å². The van der Waals surface area contributed by atoms with Gasteiger partial charge in [-0.1, -0.05) is 29.5 Å². The summed E-state index contributed by atoms with van der Waals surface area (Å²) in [6, 6.07) is 0. The molecule has 0 aromatic rings. The lowest BCUT2D eigenvalue weighted by Gasteiger charge is -1.52. The van der Waals surface area contributed by atoms with E-state index in [1.54, 1.807) is 6.92 Å². The molecule has 0 amide bonds. The fourth-order valence-corrected chi connectivity index (χ4v) is 0. The minimum atomic E-state index is 0.250. The number of aliphatic hydroxyl groups excluding tert-OH is 1. The van der Waals surface area contributed by atoms with E-state index in [2.05, 4.69) is 29.5 Å². The van der Waals surface area contributed by atoms with Crippen LogP contribution in [0.4, 0.5) is 0 Å². The molecule has 0 bridgehead atoms. The zero-order chi connectivity index (χ0) is 5.41. The second-order valence-corrected chi connectivity index (χ2v) is 2.11. The largest absolute Gasteiger partial charge is 0.397 e. The lowest BCUT2D eigenvalue weighted by atomic mass is 10.9. The van der Waals surface area contributed by atoms with Gasteiger partial charge in [0.25, 0.3) is 0 Å². The highest BCUT2D eigenvalue weighted by molar-refractivity contribution is 14.1. The maximum atomic E-state index is 7.57. The average molecular weight is 202 g/mol. The van der Waals surface area contributed by atoms with Crippen molar-refractivity contribution in [2.75, 3.05) is 11.0 Å². The molecule has 0 heterocycles. The summed E-state index contributed by atoms with van der Waals surface area (Å²) in [6.07, 6.45) is 0. The molecule has 0 saturated carbocycles. The van der Waals surface area contributed by atoms with Gasteiger partial charge in [0.1, 0.15) is 0 Å². The summed E-state index contributed by atoms with van der Waals surface area (Å²) in [5.41, 5.74) is 0. The van der Waals surface area contributed by atoms with E-state index < -0.39 is 0 Å². The summed E-state index contributed by atoms with van der Waals surface area (Å²) < 4.78 is 1.22. The van der Waals surface area contributed by atoms with E-state index in [0.717, 1.165) is 0 Å². The second kappa shape index (κ2) is 17.3. The van der Waals surface area contributed by atoms with E-state index in [1.165, 1.54) is 4.43 Å². The monoisotopic (exact) mass is 202 g/mol. The van der Waals surface area contributed by atoms with Gasteiger partial charge in [0.05, 0.1) is 0 Å². The van der Waals surface area contributed by atoms with Crippen molar-refractivity contribution in [1.29, 1.82) is 0 Å². The molecule has 6 heavy (non-hydrogen) atoms. The Morgan fingerprint density at radius 1 is 1.50 bits per heavy atom. The first kappa shape index (κ1) is 9.85. The number of hydrogen-bond donors (Lipinski definition) is 1. The molecule has 0 spiro atoms. The van der Waals surface area contributed by atoms with Gasteiger partial charge in [0, 0.05) is 6.61 Å². The highest BCUT2D eigenvalue weighted by atomic mass is 127. The minimum Gasteiger partial charge on any atom is -0.397 e. The molecule has 0 saturated heterocycles. The predicted octanol–water partition coefficient (Wildman–Crippen LogP) is 1.44.